The first kappa shape index (κ1) is 16.0. The molecule has 130 valence electrons. The van der Waals surface area contributed by atoms with Crippen LogP contribution in [-0.4, -0.2) is 20.7 Å². The number of aryl methyl sites for hydroxylation is 1. The van der Waals surface area contributed by atoms with E-state index in [4.69, 9.17) is 9.73 Å². The minimum atomic E-state index is -3.34. The molecule has 6 nitrogen and oxygen atoms in total. The lowest BCUT2D eigenvalue weighted by Crippen LogP contribution is -2.24. The number of amidine groups is 1. The van der Waals surface area contributed by atoms with Crippen molar-refractivity contribution in [3.8, 4) is 0 Å². The summed E-state index contributed by atoms with van der Waals surface area (Å²) in [5.74, 6) is 0. The fourth-order valence-electron chi connectivity index (χ4n) is 3.33. The number of nitrogens with zero attached hydrogens (tertiary/aromatic N) is 1. The predicted molar refractivity (Wildman–Crippen MR) is 98.3 cm³/mol. The van der Waals surface area contributed by atoms with Crippen molar-refractivity contribution in [1.82, 2.24) is 0 Å². The maximum atomic E-state index is 11.5. The molecule has 0 unspecified atom stereocenters. The molecule has 0 radical (unpaired) electrons. The molecule has 1 atom stereocenters. The molecule has 0 amide bonds. The molecule has 2 aromatic rings. The Labute approximate surface area is 147 Å². The third-order valence-electron chi connectivity index (χ3n) is 4.44. The molecule has 2 aromatic carbocycles. The summed E-state index contributed by atoms with van der Waals surface area (Å²) in [5, 5.41) is 3.17. The third-order valence-corrected chi connectivity index (χ3v) is 5.03. The summed E-state index contributed by atoms with van der Waals surface area (Å²) in [5.41, 5.74) is 4.70. The number of hydrogen-bond acceptors (Lipinski definition) is 4. The van der Waals surface area contributed by atoms with E-state index in [9.17, 15) is 8.42 Å². The van der Waals surface area contributed by atoms with Crippen molar-refractivity contribution in [2.24, 2.45) is 4.99 Å². The van der Waals surface area contributed by atoms with Gasteiger partial charge in [0, 0.05) is 5.56 Å². The van der Waals surface area contributed by atoms with Crippen LogP contribution in [0.15, 0.2) is 47.5 Å². The molecule has 0 bridgehead atoms. The van der Waals surface area contributed by atoms with Gasteiger partial charge in [-0.2, -0.15) is 0 Å². The largest absolute Gasteiger partial charge is 0.460 e. The van der Waals surface area contributed by atoms with E-state index in [0.29, 0.717) is 11.7 Å². The smallest absolute Gasteiger partial charge is 0.290 e. The molecular weight excluding hydrogens is 338 g/mol. The number of rotatable bonds is 3. The molecular formula is C18H19N3O3S. The number of sulfonamides is 1. The van der Waals surface area contributed by atoms with Crippen molar-refractivity contribution in [2.45, 2.75) is 25.5 Å². The average Bonchev–Trinajstić information content (AvgIpc) is 2.97. The fraction of sp³-hybridized carbons (Fsp3) is 0.278. The minimum Gasteiger partial charge on any atom is -0.460 e. The minimum absolute atomic E-state index is 0.0950. The average molecular weight is 357 g/mol. The Morgan fingerprint density at radius 3 is 2.88 bits per heavy atom. The maximum absolute atomic E-state index is 11.5. The normalized spacial score (nSPS) is 20.4. The molecule has 0 aromatic heterocycles. The van der Waals surface area contributed by atoms with Crippen LogP contribution in [0, 0.1) is 0 Å². The molecule has 1 aliphatic carbocycles. The van der Waals surface area contributed by atoms with Crippen LogP contribution in [0.3, 0.4) is 0 Å². The van der Waals surface area contributed by atoms with Crippen molar-refractivity contribution >= 4 is 27.4 Å². The molecule has 0 spiro atoms. The highest BCUT2D eigenvalue weighted by Gasteiger charge is 2.24. The van der Waals surface area contributed by atoms with Crippen LogP contribution in [-0.2, 0) is 27.8 Å². The van der Waals surface area contributed by atoms with E-state index in [1.54, 1.807) is 12.1 Å². The first-order valence-electron chi connectivity index (χ1n) is 8.15. The van der Waals surface area contributed by atoms with Gasteiger partial charge in [-0.05, 0) is 36.1 Å². The molecule has 7 heteroatoms. The lowest BCUT2D eigenvalue weighted by molar-refractivity contribution is 0.283. The van der Waals surface area contributed by atoms with Crippen LogP contribution in [0.4, 0.5) is 11.4 Å². The number of hydrogen-bond donors (Lipinski definition) is 2. The standard InChI is InChI=1S/C18H19N3O3S/c1-25(22,23)21-17-8-4-7-15-14(17)11-24-18(19-15)20-16-10-9-12-5-2-3-6-13(12)16/h2-8,16,21H,9-11H2,1H3,(H,19,20)/t16-/m1/s1. The molecule has 4 rings (SSSR count). The Hall–Kier alpha value is -2.54. The lowest BCUT2D eigenvalue weighted by Gasteiger charge is -2.24. The fourth-order valence-corrected chi connectivity index (χ4v) is 3.92. The Bertz CT molecular complexity index is 954. The molecule has 1 aliphatic heterocycles. The quantitative estimate of drug-likeness (QED) is 0.885. The molecule has 2 N–H and O–H groups in total. The number of nitrogens with one attached hydrogen (secondary N) is 2. The predicted octanol–water partition coefficient (Wildman–Crippen LogP) is 3.04. The highest BCUT2D eigenvalue weighted by molar-refractivity contribution is 7.92. The zero-order chi connectivity index (χ0) is 17.4. The van der Waals surface area contributed by atoms with E-state index in [-0.39, 0.29) is 12.6 Å². The van der Waals surface area contributed by atoms with Gasteiger partial charge in [0.05, 0.1) is 23.7 Å². The second kappa shape index (κ2) is 6.07. The third kappa shape index (κ3) is 3.32. The van der Waals surface area contributed by atoms with Crippen molar-refractivity contribution in [3.05, 3.63) is 59.2 Å². The van der Waals surface area contributed by atoms with Gasteiger partial charge in [0.1, 0.15) is 6.61 Å². The number of aliphatic imine (C=N–C) groups is 1. The van der Waals surface area contributed by atoms with E-state index in [1.165, 1.54) is 11.1 Å². The van der Waals surface area contributed by atoms with Crippen LogP contribution in [0.2, 0.25) is 0 Å². The van der Waals surface area contributed by atoms with Gasteiger partial charge in [-0.1, -0.05) is 30.3 Å². The van der Waals surface area contributed by atoms with Crippen molar-refractivity contribution < 1.29 is 13.2 Å². The van der Waals surface area contributed by atoms with Crippen LogP contribution < -0.4 is 10.0 Å². The summed E-state index contributed by atoms with van der Waals surface area (Å²) in [6.07, 6.45) is 3.13. The number of anilines is 2. The molecule has 25 heavy (non-hydrogen) atoms. The molecule has 0 saturated carbocycles. The first-order chi connectivity index (χ1) is 12.0. The number of benzene rings is 2. The summed E-state index contributed by atoms with van der Waals surface area (Å²) in [7, 11) is -3.34. The van der Waals surface area contributed by atoms with Crippen LogP contribution >= 0.6 is 0 Å². The zero-order valence-corrected chi connectivity index (χ0v) is 14.6. The lowest BCUT2D eigenvalue weighted by atomic mass is 10.1. The van der Waals surface area contributed by atoms with Crippen molar-refractivity contribution in [2.75, 3.05) is 16.3 Å². The summed E-state index contributed by atoms with van der Waals surface area (Å²) in [6.45, 7) is 0.272. The summed E-state index contributed by atoms with van der Waals surface area (Å²) < 4.78 is 31.3. The Kier molecular flexibility index (Phi) is 3.88. The van der Waals surface area contributed by atoms with Crippen LogP contribution in [0.1, 0.15) is 29.2 Å². The van der Waals surface area contributed by atoms with Crippen LogP contribution in [0.25, 0.3) is 0 Å². The maximum Gasteiger partial charge on any atom is 0.290 e. The summed E-state index contributed by atoms with van der Waals surface area (Å²) in [4.78, 5) is 4.72. The van der Waals surface area contributed by atoms with Gasteiger partial charge in [0.2, 0.25) is 10.0 Å². The number of fused-ring (bicyclic) bond motifs is 2. The van der Waals surface area contributed by atoms with Gasteiger partial charge >= 0.3 is 0 Å². The Morgan fingerprint density at radius 1 is 1.20 bits per heavy atom. The van der Waals surface area contributed by atoms with E-state index < -0.39 is 10.0 Å². The second-order valence-electron chi connectivity index (χ2n) is 6.31. The molecule has 0 fully saturated rings. The Balaban J connectivity index is 1.59. The topological polar surface area (TPSA) is 79.8 Å². The molecule has 0 saturated heterocycles. The molecule has 1 heterocycles. The van der Waals surface area contributed by atoms with E-state index in [2.05, 4.69) is 28.2 Å². The zero-order valence-electron chi connectivity index (χ0n) is 13.8. The summed E-state index contributed by atoms with van der Waals surface area (Å²) >= 11 is 0. The van der Waals surface area contributed by atoms with Crippen LogP contribution in [0.5, 0.6) is 0 Å². The van der Waals surface area contributed by atoms with Gasteiger partial charge in [-0.3, -0.25) is 4.72 Å². The number of ether oxygens (including phenoxy) is 1. The highest BCUT2D eigenvalue weighted by Crippen LogP contribution is 2.35. The van der Waals surface area contributed by atoms with E-state index in [0.717, 1.165) is 30.3 Å². The second-order valence-corrected chi connectivity index (χ2v) is 8.06. The van der Waals surface area contributed by atoms with Gasteiger partial charge in [-0.25, -0.2) is 13.4 Å². The van der Waals surface area contributed by atoms with Crippen molar-refractivity contribution in [1.29, 1.82) is 0 Å². The van der Waals surface area contributed by atoms with Gasteiger partial charge in [0.25, 0.3) is 6.02 Å². The van der Waals surface area contributed by atoms with Gasteiger partial charge in [0.15, 0.2) is 0 Å². The molecule has 2 aliphatic rings. The Morgan fingerprint density at radius 2 is 2.04 bits per heavy atom. The summed E-state index contributed by atoms with van der Waals surface area (Å²) in [6, 6.07) is 14.3. The van der Waals surface area contributed by atoms with E-state index >= 15 is 0 Å². The van der Waals surface area contributed by atoms with E-state index in [1.807, 2.05) is 12.1 Å². The highest BCUT2D eigenvalue weighted by atomic mass is 32.2. The first-order valence-corrected chi connectivity index (χ1v) is 10.0. The van der Waals surface area contributed by atoms with Gasteiger partial charge in [-0.15, -0.1) is 0 Å². The SMILES string of the molecule is CS(=O)(=O)Nc1cccc2c1COC(=N[C@@H]1CCc3ccccc31)N2. The van der Waals surface area contributed by atoms with Gasteiger partial charge < -0.3 is 10.1 Å². The van der Waals surface area contributed by atoms with Crippen molar-refractivity contribution in [3.63, 3.8) is 0 Å². The monoisotopic (exact) mass is 357 g/mol.